The minimum absolute atomic E-state index is 0.00753. The standard InChI is InChI=1S/C13H16ClF3N2O2/c1-19(8-11(20)13(15,16)17)6-5-12(21)18-10-4-2-3-9(14)7-10/h2-4,7,11,20H,5-6,8H2,1H3,(H,18,21). The van der Waals surface area contributed by atoms with Crippen LogP contribution in [0.3, 0.4) is 0 Å². The average Bonchev–Trinajstić information content (AvgIpc) is 2.35. The van der Waals surface area contributed by atoms with Gasteiger partial charge >= 0.3 is 6.18 Å². The van der Waals surface area contributed by atoms with Crippen LogP contribution in [0.25, 0.3) is 0 Å². The summed E-state index contributed by atoms with van der Waals surface area (Å²) in [6.45, 7) is -0.479. The number of carbonyl (C=O) groups is 1. The molecule has 0 spiro atoms. The van der Waals surface area contributed by atoms with Gasteiger partial charge in [-0.05, 0) is 25.2 Å². The third-order valence-corrected chi connectivity index (χ3v) is 2.93. The Labute approximate surface area is 125 Å². The van der Waals surface area contributed by atoms with Crippen molar-refractivity contribution in [1.82, 2.24) is 4.90 Å². The number of likely N-dealkylation sites (N-methyl/N-ethyl adjacent to an activating group) is 1. The highest BCUT2D eigenvalue weighted by Crippen LogP contribution is 2.20. The van der Waals surface area contributed by atoms with Crippen molar-refractivity contribution in [3.63, 3.8) is 0 Å². The Kier molecular flexibility index (Phi) is 6.44. The molecule has 0 aliphatic rings. The van der Waals surface area contributed by atoms with Crippen LogP contribution >= 0.6 is 11.6 Å². The molecule has 118 valence electrons. The number of anilines is 1. The van der Waals surface area contributed by atoms with Crippen LogP contribution in [-0.2, 0) is 4.79 Å². The fourth-order valence-electron chi connectivity index (χ4n) is 1.57. The zero-order chi connectivity index (χ0) is 16.0. The van der Waals surface area contributed by atoms with Crippen LogP contribution in [0.1, 0.15) is 6.42 Å². The maximum absolute atomic E-state index is 12.2. The van der Waals surface area contributed by atoms with Gasteiger partial charge in [0.1, 0.15) is 0 Å². The summed E-state index contributed by atoms with van der Waals surface area (Å²) in [6, 6.07) is 6.55. The van der Waals surface area contributed by atoms with E-state index in [0.29, 0.717) is 10.7 Å². The topological polar surface area (TPSA) is 52.6 Å². The zero-order valence-corrected chi connectivity index (χ0v) is 12.1. The largest absolute Gasteiger partial charge is 0.415 e. The molecule has 0 saturated heterocycles. The summed E-state index contributed by atoms with van der Waals surface area (Å²) in [7, 11) is 1.40. The van der Waals surface area contributed by atoms with Crippen molar-refractivity contribution in [1.29, 1.82) is 0 Å². The summed E-state index contributed by atoms with van der Waals surface area (Å²) in [5.74, 6) is -0.342. The van der Waals surface area contributed by atoms with Gasteiger partial charge in [-0.15, -0.1) is 0 Å². The Morgan fingerprint density at radius 3 is 2.71 bits per heavy atom. The third kappa shape index (κ3) is 6.79. The number of aliphatic hydroxyl groups excluding tert-OH is 1. The number of benzene rings is 1. The van der Waals surface area contributed by atoms with Crippen molar-refractivity contribution < 1.29 is 23.1 Å². The van der Waals surface area contributed by atoms with E-state index in [1.54, 1.807) is 24.3 Å². The van der Waals surface area contributed by atoms with Crippen molar-refractivity contribution in [2.75, 3.05) is 25.5 Å². The molecular weight excluding hydrogens is 309 g/mol. The summed E-state index contributed by atoms with van der Waals surface area (Å²) in [6.07, 6.45) is -7.07. The molecule has 1 rings (SSSR count). The van der Waals surface area contributed by atoms with Crippen molar-refractivity contribution in [3.05, 3.63) is 29.3 Å². The Balaban J connectivity index is 2.36. The Hall–Kier alpha value is -1.31. The maximum atomic E-state index is 12.2. The van der Waals surface area contributed by atoms with Crippen LogP contribution in [0.5, 0.6) is 0 Å². The first kappa shape index (κ1) is 17.7. The number of hydrogen-bond donors (Lipinski definition) is 2. The number of nitrogens with one attached hydrogen (secondary N) is 1. The molecule has 0 heterocycles. The molecule has 4 nitrogen and oxygen atoms in total. The number of alkyl halides is 3. The monoisotopic (exact) mass is 324 g/mol. The first-order valence-corrected chi connectivity index (χ1v) is 6.55. The zero-order valence-electron chi connectivity index (χ0n) is 11.3. The van der Waals surface area contributed by atoms with E-state index in [2.05, 4.69) is 5.32 Å². The number of hydrogen-bond acceptors (Lipinski definition) is 3. The highest BCUT2D eigenvalue weighted by molar-refractivity contribution is 6.30. The molecule has 21 heavy (non-hydrogen) atoms. The Bertz CT molecular complexity index is 483. The molecule has 1 aromatic carbocycles. The second-order valence-electron chi connectivity index (χ2n) is 4.63. The van der Waals surface area contributed by atoms with Crippen LogP contribution in [0, 0.1) is 0 Å². The van der Waals surface area contributed by atoms with Gasteiger partial charge in [0, 0.05) is 30.2 Å². The lowest BCUT2D eigenvalue weighted by atomic mass is 10.3. The second-order valence-corrected chi connectivity index (χ2v) is 5.06. The molecule has 0 saturated carbocycles. The van der Waals surface area contributed by atoms with E-state index >= 15 is 0 Å². The van der Waals surface area contributed by atoms with Crippen molar-refractivity contribution in [3.8, 4) is 0 Å². The van der Waals surface area contributed by atoms with E-state index in [4.69, 9.17) is 16.7 Å². The molecule has 0 aliphatic carbocycles. The average molecular weight is 325 g/mol. The first-order chi connectivity index (χ1) is 9.68. The summed E-state index contributed by atoms with van der Waals surface area (Å²) >= 11 is 5.76. The molecule has 0 bridgehead atoms. The SMILES string of the molecule is CN(CCC(=O)Nc1cccc(Cl)c1)CC(O)C(F)(F)F. The van der Waals surface area contributed by atoms with Gasteiger partial charge in [-0.1, -0.05) is 17.7 Å². The van der Waals surface area contributed by atoms with E-state index < -0.39 is 18.8 Å². The number of amides is 1. The molecule has 1 aromatic rings. The lowest BCUT2D eigenvalue weighted by Gasteiger charge is -2.21. The van der Waals surface area contributed by atoms with E-state index in [1.807, 2.05) is 0 Å². The highest BCUT2D eigenvalue weighted by atomic mass is 35.5. The van der Waals surface area contributed by atoms with E-state index in [1.165, 1.54) is 11.9 Å². The third-order valence-electron chi connectivity index (χ3n) is 2.69. The van der Waals surface area contributed by atoms with Gasteiger partial charge < -0.3 is 15.3 Å². The summed E-state index contributed by atoms with van der Waals surface area (Å²) in [5, 5.41) is 12.0. The normalized spacial score (nSPS) is 13.3. The fraction of sp³-hybridized carbons (Fsp3) is 0.462. The number of aliphatic hydroxyl groups is 1. The first-order valence-electron chi connectivity index (χ1n) is 6.17. The molecule has 0 fully saturated rings. The van der Waals surface area contributed by atoms with Gasteiger partial charge in [0.2, 0.25) is 5.91 Å². The number of carbonyl (C=O) groups excluding carboxylic acids is 1. The maximum Gasteiger partial charge on any atom is 0.415 e. The van der Waals surface area contributed by atoms with Crippen LogP contribution in [-0.4, -0.2) is 48.3 Å². The Morgan fingerprint density at radius 1 is 1.48 bits per heavy atom. The van der Waals surface area contributed by atoms with Gasteiger partial charge in [0.25, 0.3) is 0 Å². The van der Waals surface area contributed by atoms with Crippen molar-refractivity contribution in [2.45, 2.75) is 18.7 Å². The molecule has 0 aliphatic heterocycles. The molecule has 2 N–H and O–H groups in total. The van der Waals surface area contributed by atoms with E-state index in [0.717, 1.165) is 0 Å². The molecule has 0 aromatic heterocycles. The minimum Gasteiger partial charge on any atom is -0.382 e. The van der Waals surface area contributed by atoms with Crippen LogP contribution in [0.15, 0.2) is 24.3 Å². The highest BCUT2D eigenvalue weighted by Gasteiger charge is 2.38. The van der Waals surface area contributed by atoms with Crippen molar-refractivity contribution >= 4 is 23.2 Å². The van der Waals surface area contributed by atoms with Crippen LogP contribution < -0.4 is 5.32 Å². The molecule has 1 atom stereocenters. The van der Waals surface area contributed by atoms with Gasteiger partial charge in [-0.25, -0.2) is 0 Å². The summed E-state index contributed by atoms with van der Waals surface area (Å²) < 4.78 is 36.5. The predicted molar refractivity (Wildman–Crippen MR) is 74.3 cm³/mol. The fourth-order valence-corrected chi connectivity index (χ4v) is 1.76. The van der Waals surface area contributed by atoms with Crippen LogP contribution in [0.2, 0.25) is 5.02 Å². The summed E-state index contributed by atoms with van der Waals surface area (Å²) in [5.41, 5.74) is 0.519. The molecule has 1 amide bonds. The van der Waals surface area contributed by atoms with Crippen LogP contribution in [0.4, 0.5) is 18.9 Å². The van der Waals surface area contributed by atoms with Gasteiger partial charge in [0.05, 0.1) is 0 Å². The van der Waals surface area contributed by atoms with Gasteiger partial charge in [-0.3, -0.25) is 4.79 Å². The van der Waals surface area contributed by atoms with Crippen molar-refractivity contribution in [2.24, 2.45) is 0 Å². The second kappa shape index (κ2) is 7.63. The van der Waals surface area contributed by atoms with Gasteiger partial charge in [-0.2, -0.15) is 13.2 Å². The molecule has 8 heteroatoms. The van der Waals surface area contributed by atoms with E-state index in [-0.39, 0.29) is 18.9 Å². The quantitative estimate of drug-likeness (QED) is 0.845. The number of rotatable bonds is 6. The van der Waals surface area contributed by atoms with E-state index in [9.17, 15) is 18.0 Å². The predicted octanol–water partition coefficient (Wildman–Crippen LogP) is 2.52. The molecule has 0 radical (unpaired) electrons. The summed E-state index contributed by atoms with van der Waals surface area (Å²) in [4.78, 5) is 12.9. The minimum atomic E-state index is -4.66. The number of nitrogens with zero attached hydrogens (tertiary/aromatic N) is 1. The molecule has 1 unspecified atom stereocenters. The smallest absolute Gasteiger partial charge is 0.382 e. The number of halogens is 4. The van der Waals surface area contributed by atoms with Gasteiger partial charge in [0.15, 0.2) is 6.10 Å². The Morgan fingerprint density at radius 2 is 2.14 bits per heavy atom. The lowest BCUT2D eigenvalue weighted by molar-refractivity contribution is -0.207. The lowest BCUT2D eigenvalue weighted by Crippen LogP contribution is -2.40. The molecular formula is C13H16ClF3N2O2.